The van der Waals surface area contributed by atoms with Gasteiger partial charge in [0, 0.05) is 25.7 Å². The smallest absolute Gasteiger partial charge is 0.413 e. The van der Waals surface area contributed by atoms with E-state index < -0.39 is 14.7 Å². The fourth-order valence-corrected chi connectivity index (χ4v) is 4.56. The lowest BCUT2D eigenvalue weighted by Crippen LogP contribution is -2.44. The summed E-state index contributed by atoms with van der Waals surface area (Å²) in [6, 6.07) is 6.12. The van der Waals surface area contributed by atoms with E-state index in [0.717, 1.165) is 31.6 Å². The maximum Gasteiger partial charge on any atom is 0.573 e. The van der Waals surface area contributed by atoms with Gasteiger partial charge in [-0.25, -0.2) is 0 Å². The van der Waals surface area contributed by atoms with Gasteiger partial charge in [0.05, 0.1) is 6.10 Å². The second-order valence-corrected chi connectivity index (χ2v) is 13.8. The number of likely N-dealkylation sites (N-methyl/N-ethyl adjacent to an activating group) is 1. The molecule has 0 bridgehead atoms. The second kappa shape index (κ2) is 8.73. The normalized spacial score (nSPS) is 20.4. The first-order valence-corrected chi connectivity index (χ1v) is 12.6. The molecule has 1 unspecified atom stereocenters. The SMILES string of the molecule is CN[C@H](CN1CCC(O[Si](C)(C)C(C)(C)C)C1)c1ccc(OC(F)(F)F)cc1. The monoisotopic (exact) mass is 418 g/mol. The molecule has 160 valence electrons. The van der Waals surface area contributed by atoms with Crippen molar-refractivity contribution in [3.63, 3.8) is 0 Å². The minimum atomic E-state index is -4.67. The first-order chi connectivity index (χ1) is 12.8. The lowest BCUT2D eigenvalue weighted by atomic mass is 10.1. The van der Waals surface area contributed by atoms with Crippen molar-refractivity contribution < 1.29 is 22.3 Å². The molecule has 0 spiro atoms. The highest BCUT2D eigenvalue weighted by molar-refractivity contribution is 6.74. The van der Waals surface area contributed by atoms with Gasteiger partial charge in [-0.1, -0.05) is 32.9 Å². The molecule has 28 heavy (non-hydrogen) atoms. The molecule has 1 saturated heterocycles. The molecule has 2 rings (SSSR count). The van der Waals surface area contributed by atoms with Crippen molar-refractivity contribution >= 4 is 8.32 Å². The Hall–Kier alpha value is -1.09. The lowest BCUT2D eigenvalue weighted by molar-refractivity contribution is -0.274. The first-order valence-electron chi connectivity index (χ1n) is 9.74. The van der Waals surface area contributed by atoms with Crippen LogP contribution in [0.4, 0.5) is 13.2 Å². The zero-order valence-corrected chi connectivity index (χ0v) is 18.7. The minimum absolute atomic E-state index is 0.0338. The Bertz CT molecular complexity index is 630. The molecule has 0 aromatic heterocycles. The maximum atomic E-state index is 12.3. The van der Waals surface area contributed by atoms with E-state index in [4.69, 9.17) is 4.43 Å². The number of hydrogen-bond donors (Lipinski definition) is 1. The summed E-state index contributed by atoms with van der Waals surface area (Å²) >= 11 is 0. The number of rotatable bonds is 7. The van der Waals surface area contributed by atoms with Crippen molar-refractivity contribution in [1.29, 1.82) is 0 Å². The fourth-order valence-electron chi connectivity index (χ4n) is 3.18. The van der Waals surface area contributed by atoms with Crippen molar-refractivity contribution in [3.05, 3.63) is 29.8 Å². The molecular formula is C20H33F3N2O2Si. The highest BCUT2D eigenvalue weighted by Gasteiger charge is 2.40. The van der Waals surface area contributed by atoms with Crippen LogP contribution in [-0.4, -0.2) is 52.4 Å². The van der Waals surface area contributed by atoms with Crippen LogP contribution < -0.4 is 10.1 Å². The Morgan fingerprint density at radius 2 is 1.79 bits per heavy atom. The van der Waals surface area contributed by atoms with Crippen LogP contribution in [0.1, 0.15) is 38.8 Å². The van der Waals surface area contributed by atoms with Gasteiger partial charge < -0.3 is 14.5 Å². The van der Waals surface area contributed by atoms with E-state index in [2.05, 4.69) is 48.8 Å². The van der Waals surface area contributed by atoms with Crippen LogP contribution in [0.2, 0.25) is 18.1 Å². The minimum Gasteiger partial charge on any atom is -0.413 e. The Morgan fingerprint density at radius 1 is 1.18 bits per heavy atom. The molecule has 1 aromatic rings. The summed E-state index contributed by atoms with van der Waals surface area (Å²) in [5.41, 5.74) is 0.936. The predicted molar refractivity (Wildman–Crippen MR) is 108 cm³/mol. The van der Waals surface area contributed by atoms with Crippen LogP contribution in [-0.2, 0) is 4.43 Å². The van der Waals surface area contributed by atoms with Gasteiger partial charge in [0.15, 0.2) is 8.32 Å². The Balaban J connectivity index is 1.93. The van der Waals surface area contributed by atoms with E-state index in [0.29, 0.717) is 0 Å². The summed E-state index contributed by atoms with van der Waals surface area (Å²) in [6.45, 7) is 13.9. The van der Waals surface area contributed by atoms with E-state index >= 15 is 0 Å². The molecule has 8 heteroatoms. The van der Waals surface area contributed by atoms with E-state index in [1.54, 1.807) is 12.1 Å². The number of alkyl halides is 3. The molecule has 1 heterocycles. The number of ether oxygens (including phenoxy) is 1. The van der Waals surface area contributed by atoms with Gasteiger partial charge in [0.1, 0.15) is 5.75 Å². The van der Waals surface area contributed by atoms with Crippen molar-refractivity contribution in [2.24, 2.45) is 0 Å². The number of hydrogen-bond acceptors (Lipinski definition) is 4. The average Bonchev–Trinajstić information content (AvgIpc) is 2.97. The number of nitrogens with zero attached hydrogens (tertiary/aromatic N) is 1. The predicted octanol–water partition coefficient (Wildman–Crippen LogP) is 4.94. The van der Waals surface area contributed by atoms with E-state index in [9.17, 15) is 13.2 Å². The lowest BCUT2D eigenvalue weighted by Gasteiger charge is -2.38. The third-order valence-electron chi connectivity index (χ3n) is 5.80. The van der Waals surface area contributed by atoms with Crippen LogP contribution in [0.5, 0.6) is 5.75 Å². The van der Waals surface area contributed by atoms with Gasteiger partial charge in [0.2, 0.25) is 0 Å². The van der Waals surface area contributed by atoms with Crippen LogP contribution in [0, 0.1) is 0 Å². The topological polar surface area (TPSA) is 33.7 Å². The third kappa shape index (κ3) is 6.47. The van der Waals surface area contributed by atoms with Gasteiger partial charge in [-0.15, -0.1) is 13.2 Å². The number of nitrogens with one attached hydrogen (secondary N) is 1. The molecule has 1 aromatic carbocycles. The largest absolute Gasteiger partial charge is 0.573 e. The number of likely N-dealkylation sites (tertiary alicyclic amines) is 1. The molecule has 0 saturated carbocycles. The van der Waals surface area contributed by atoms with Gasteiger partial charge in [-0.05, 0) is 49.3 Å². The van der Waals surface area contributed by atoms with Gasteiger partial charge in [0.25, 0.3) is 0 Å². The molecule has 2 atom stereocenters. The summed E-state index contributed by atoms with van der Waals surface area (Å²) in [6.07, 6.45) is -3.40. The van der Waals surface area contributed by atoms with Crippen LogP contribution >= 0.6 is 0 Å². The second-order valence-electron chi connectivity index (χ2n) is 9.01. The van der Waals surface area contributed by atoms with Gasteiger partial charge in [-0.2, -0.15) is 0 Å². The van der Waals surface area contributed by atoms with Crippen molar-refractivity contribution in [2.75, 3.05) is 26.7 Å². The zero-order chi connectivity index (χ0) is 21.2. The van der Waals surface area contributed by atoms with Crippen LogP contribution in [0.3, 0.4) is 0 Å². The standard InChI is InChI=1S/C20H33F3N2O2Si/c1-19(2,3)28(5,6)27-17-11-12-25(13-17)14-18(24-4)15-7-9-16(10-8-15)26-20(21,22)23/h7-10,17-18,24H,11-14H2,1-6H3/t17?,18-/m1/s1. The van der Waals surface area contributed by atoms with Gasteiger partial charge >= 0.3 is 6.36 Å². The maximum absolute atomic E-state index is 12.3. The molecule has 0 aliphatic carbocycles. The molecule has 1 aliphatic heterocycles. The molecule has 1 aliphatic rings. The van der Waals surface area contributed by atoms with Crippen LogP contribution in [0.25, 0.3) is 0 Å². The van der Waals surface area contributed by atoms with Crippen molar-refractivity contribution in [1.82, 2.24) is 10.2 Å². The quantitative estimate of drug-likeness (QED) is 0.636. The number of benzene rings is 1. The summed E-state index contributed by atoms with van der Waals surface area (Å²) in [5.74, 6) is -0.199. The molecule has 1 N–H and O–H groups in total. The molecule has 0 radical (unpaired) electrons. The summed E-state index contributed by atoms with van der Waals surface area (Å²) in [7, 11) is 0.0797. The third-order valence-corrected chi connectivity index (χ3v) is 10.3. The highest BCUT2D eigenvalue weighted by Crippen LogP contribution is 2.38. The zero-order valence-electron chi connectivity index (χ0n) is 17.7. The number of halogens is 3. The van der Waals surface area contributed by atoms with E-state index in [1.165, 1.54) is 12.1 Å². The van der Waals surface area contributed by atoms with E-state index in [1.807, 2.05) is 7.05 Å². The van der Waals surface area contributed by atoms with Gasteiger partial charge in [-0.3, -0.25) is 4.90 Å². The summed E-state index contributed by atoms with van der Waals surface area (Å²) in [4.78, 5) is 2.36. The fraction of sp³-hybridized carbons (Fsp3) is 0.700. The van der Waals surface area contributed by atoms with E-state index in [-0.39, 0.29) is 22.9 Å². The van der Waals surface area contributed by atoms with Crippen molar-refractivity contribution in [3.8, 4) is 5.75 Å². The molecule has 1 fully saturated rings. The Kier molecular flexibility index (Phi) is 7.23. The highest BCUT2D eigenvalue weighted by atomic mass is 28.4. The molecule has 4 nitrogen and oxygen atoms in total. The Labute approximate surface area is 167 Å². The first kappa shape index (κ1) is 23.2. The molecular weight excluding hydrogens is 385 g/mol. The summed E-state index contributed by atoms with van der Waals surface area (Å²) in [5, 5.41) is 3.45. The van der Waals surface area contributed by atoms with Crippen LogP contribution in [0.15, 0.2) is 24.3 Å². The average molecular weight is 419 g/mol. The summed E-state index contributed by atoms with van der Waals surface area (Å²) < 4.78 is 47.4. The Morgan fingerprint density at radius 3 is 2.29 bits per heavy atom. The molecule has 0 amide bonds. The van der Waals surface area contributed by atoms with Crippen molar-refractivity contribution in [2.45, 2.75) is 63.8 Å².